The molecule has 0 bridgehead atoms. The normalized spacial score (nSPS) is 17.7. The van der Waals surface area contributed by atoms with Gasteiger partial charge in [-0.15, -0.1) is 0 Å². The number of aromatic amines is 1. The number of aryl methyl sites for hydroxylation is 1. The molecule has 0 spiro atoms. The highest BCUT2D eigenvalue weighted by molar-refractivity contribution is 5.79. The molecule has 3 heterocycles. The number of hydrogen-bond acceptors (Lipinski definition) is 3. The van der Waals surface area contributed by atoms with Gasteiger partial charge in [-0.05, 0) is 44.9 Å². The summed E-state index contributed by atoms with van der Waals surface area (Å²) in [6.07, 6.45) is 2.53. The van der Waals surface area contributed by atoms with Crippen molar-refractivity contribution in [3.05, 3.63) is 52.1 Å². The molecule has 1 aliphatic heterocycles. The monoisotopic (exact) mass is 323 g/mol. The van der Waals surface area contributed by atoms with Crippen molar-refractivity contribution in [2.24, 2.45) is 0 Å². The summed E-state index contributed by atoms with van der Waals surface area (Å²) >= 11 is 0. The molecular weight excluding hydrogens is 302 g/mol. The van der Waals surface area contributed by atoms with E-state index in [0.717, 1.165) is 48.5 Å². The van der Waals surface area contributed by atoms with Crippen molar-refractivity contribution in [1.82, 2.24) is 14.5 Å². The largest absolute Gasteiger partial charge is 0.376 e. The average Bonchev–Trinajstić information content (AvgIpc) is 3.18. The van der Waals surface area contributed by atoms with Crippen LogP contribution in [0.2, 0.25) is 0 Å². The van der Waals surface area contributed by atoms with Crippen LogP contribution < -0.4 is 5.56 Å². The number of fused-ring (bicyclic) bond motifs is 1. The molecule has 0 saturated carbocycles. The maximum Gasteiger partial charge on any atom is 0.259 e. The Kier molecular flexibility index (Phi) is 3.73. The van der Waals surface area contributed by atoms with Crippen LogP contribution >= 0.6 is 0 Å². The zero-order chi connectivity index (χ0) is 16.7. The standard InChI is InChI=1S/C19H21N3O2/c1-12-10-16(13(2)22(12)11-14-6-5-9-24-14)18-20-17-8-4-3-7-15(17)19(23)21-18/h3-4,7-8,10,14H,5-6,9,11H2,1-2H3,(H,20,21,23). The highest BCUT2D eigenvalue weighted by Crippen LogP contribution is 2.26. The number of nitrogens with zero attached hydrogens (tertiary/aromatic N) is 2. The van der Waals surface area contributed by atoms with Gasteiger partial charge in [0.15, 0.2) is 0 Å². The highest BCUT2D eigenvalue weighted by Gasteiger charge is 2.20. The van der Waals surface area contributed by atoms with Gasteiger partial charge in [-0.3, -0.25) is 4.79 Å². The van der Waals surface area contributed by atoms with E-state index in [0.29, 0.717) is 11.2 Å². The fourth-order valence-corrected chi connectivity index (χ4v) is 3.53. The van der Waals surface area contributed by atoms with Gasteiger partial charge in [0.1, 0.15) is 5.82 Å². The first kappa shape index (κ1) is 15.1. The minimum absolute atomic E-state index is 0.0977. The third-order valence-corrected chi connectivity index (χ3v) is 4.85. The molecule has 0 aliphatic carbocycles. The summed E-state index contributed by atoms with van der Waals surface area (Å²) in [6.45, 7) is 5.88. The van der Waals surface area contributed by atoms with Gasteiger partial charge in [0.25, 0.3) is 5.56 Å². The number of nitrogens with one attached hydrogen (secondary N) is 1. The molecule has 1 aliphatic rings. The zero-order valence-electron chi connectivity index (χ0n) is 14.0. The van der Waals surface area contributed by atoms with E-state index in [4.69, 9.17) is 4.74 Å². The van der Waals surface area contributed by atoms with Gasteiger partial charge in [0, 0.05) is 30.1 Å². The maximum absolute atomic E-state index is 12.3. The molecule has 5 nitrogen and oxygen atoms in total. The van der Waals surface area contributed by atoms with Gasteiger partial charge in [0.05, 0.1) is 17.0 Å². The van der Waals surface area contributed by atoms with Crippen molar-refractivity contribution in [3.63, 3.8) is 0 Å². The van der Waals surface area contributed by atoms with Gasteiger partial charge in [-0.1, -0.05) is 12.1 Å². The summed E-state index contributed by atoms with van der Waals surface area (Å²) < 4.78 is 8.03. The minimum Gasteiger partial charge on any atom is -0.376 e. The summed E-state index contributed by atoms with van der Waals surface area (Å²) in [4.78, 5) is 19.9. The van der Waals surface area contributed by atoms with E-state index in [9.17, 15) is 4.79 Å². The Hall–Kier alpha value is -2.40. The number of rotatable bonds is 3. The second-order valence-electron chi connectivity index (χ2n) is 6.46. The molecular formula is C19H21N3O2. The topological polar surface area (TPSA) is 59.9 Å². The number of aromatic nitrogens is 3. The van der Waals surface area contributed by atoms with E-state index in [1.807, 2.05) is 18.2 Å². The summed E-state index contributed by atoms with van der Waals surface area (Å²) in [5.41, 5.74) is 3.88. The van der Waals surface area contributed by atoms with Crippen LogP contribution in [0.5, 0.6) is 0 Å². The Morgan fingerprint density at radius 1 is 1.33 bits per heavy atom. The molecule has 0 amide bonds. The third-order valence-electron chi connectivity index (χ3n) is 4.85. The lowest BCUT2D eigenvalue weighted by atomic mass is 10.2. The fraction of sp³-hybridized carbons (Fsp3) is 0.368. The van der Waals surface area contributed by atoms with Gasteiger partial charge in [-0.25, -0.2) is 4.98 Å². The zero-order valence-corrected chi connectivity index (χ0v) is 14.0. The summed E-state index contributed by atoms with van der Waals surface area (Å²) in [5, 5.41) is 0.620. The Bertz CT molecular complexity index is 949. The van der Waals surface area contributed by atoms with Crippen LogP contribution in [-0.4, -0.2) is 27.2 Å². The molecule has 5 heteroatoms. The van der Waals surface area contributed by atoms with Crippen molar-refractivity contribution in [2.45, 2.75) is 39.3 Å². The minimum atomic E-state index is -0.0977. The number of para-hydroxylation sites is 1. The molecule has 4 rings (SSSR count). The van der Waals surface area contributed by atoms with Crippen LogP contribution in [0.3, 0.4) is 0 Å². The Morgan fingerprint density at radius 2 is 2.17 bits per heavy atom. The molecule has 1 unspecified atom stereocenters. The maximum atomic E-state index is 12.3. The van der Waals surface area contributed by atoms with Gasteiger partial charge in [-0.2, -0.15) is 0 Å². The molecule has 0 radical (unpaired) electrons. The number of benzene rings is 1. The highest BCUT2D eigenvalue weighted by atomic mass is 16.5. The van der Waals surface area contributed by atoms with E-state index in [-0.39, 0.29) is 11.7 Å². The predicted octanol–water partition coefficient (Wildman–Crippen LogP) is 3.19. The lowest BCUT2D eigenvalue weighted by molar-refractivity contribution is 0.0962. The second-order valence-corrected chi connectivity index (χ2v) is 6.46. The van der Waals surface area contributed by atoms with E-state index < -0.39 is 0 Å². The van der Waals surface area contributed by atoms with Crippen LogP contribution in [0.15, 0.2) is 35.1 Å². The van der Waals surface area contributed by atoms with Crippen LogP contribution in [0.25, 0.3) is 22.3 Å². The fourth-order valence-electron chi connectivity index (χ4n) is 3.53. The molecule has 1 aromatic carbocycles. The molecule has 1 fully saturated rings. The lowest BCUT2D eigenvalue weighted by Gasteiger charge is -2.14. The van der Waals surface area contributed by atoms with E-state index in [1.54, 1.807) is 6.07 Å². The number of H-pyrrole nitrogens is 1. The first-order valence-electron chi connectivity index (χ1n) is 8.41. The first-order chi connectivity index (χ1) is 11.6. The van der Waals surface area contributed by atoms with Crippen LogP contribution in [0, 0.1) is 13.8 Å². The molecule has 124 valence electrons. The van der Waals surface area contributed by atoms with Crippen LogP contribution in [0.1, 0.15) is 24.2 Å². The Balaban J connectivity index is 1.78. The van der Waals surface area contributed by atoms with Crippen LogP contribution in [-0.2, 0) is 11.3 Å². The van der Waals surface area contributed by atoms with E-state index >= 15 is 0 Å². The van der Waals surface area contributed by atoms with Crippen molar-refractivity contribution in [3.8, 4) is 11.4 Å². The van der Waals surface area contributed by atoms with Gasteiger partial charge < -0.3 is 14.3 Å². The second kappa shape index (κ2) is 5.91. The van der Waals surface area contributed by atoms with E-state index in [2.05, 4.69) is 34.4 Å². The van der Waals surface area contributed by atoms with Crippen molar-refractivity contribution < 1.29 is 4.74 Å². The molecule has 3 aromatic rings. The van der Waals surface area contributed by atoms with Crippen molar-refractivity contribution >= 4 is 10.9 Å². The third kappa shape index (κ3) is 2.55. The summed E-state index contributed by atoms with van der Waals surface area (Å²) in [5.74, 6) is 0.630. The lowest BCUT2D eigenvalue weighted by Crippen LogP contribution is -2.17. The molecule has 1 saturated heterocycles. The smallest absolute Gasteiger partial charge is 0.259 e. The SMILES string of the molecule is Cc1cc(-c2nc3ccccc3c(=O)[nH]2)c(C)n1CC1CCCO1. The van der Waals surface area contributed by atoms with E-state index in [1.165, 1.54) is 0 Å². The van der Waals surface area contributed by atoms with Gasteiger partial charge in [0.2, 0.25) is 0 Å². The van der Waals surface area contributed by atoms with Crippen LogP contribution in [0.4, 0.5) is 0 Å². The predicted molar refractivity (Wildman–Crippen MR) is 94.2 cm³/mol. The molecule has 1 N–H and O–H groups in total. The Labute approximate surface area is 140 Å². The Morgan fingerprint density at radius 3 is 2.96 bits per heavy atom. The molecule has 24 heavy (non-hydrogen) atoms. The van der Waals surface area contributed by atoms with Crippen molar-refractivity contribution in [1.29, 1.82) is 0 Å². The van der Waals surface area contributed by atoms with Gasteiger partial charge >= 0.3 is 0 Å². The average molecular weight is 323 g/mol. The van der Waals surface area contributed by atoms with Crippen molar-refractivity contribution in [2.75, 3.05) is 6.61 Å². The summed E-state index contributed by atoms with van der Waals surface area (Å²) in [7, 11) is 0. The quantitative estimate of drug-likeness (QED) is 0.805. The molecule has 2 aromatic heterocycles. The number of hydrogen-bond donors (Lipinski definition) is 1. The summed E-state index contributed by atoms with van der Waals surface area (Å²) in [6, 6.07) is 9.52. The molecule has 1 atom stereocenters. The first-order valence-corrected chi connectivity index (χ1v) is 8.41. The number of ether oxygens (including phenoxy) is 1.